The molecule has 1 aromatic heterocycles. The van der Waals surface area contributed by atoms with Gasteiger partial charge in [-0.1, -0.05) is 25.6 Å². The first-order valence-corrected chi connectivity index (χ1v) is 8.08. The van der Waals surface area contributed by atoms with Gasteiger partial charge in [-0.2, -0.15) is 0 Å². The molecule has 0 aliphatic heterocycles. The minimum absolute atomic E-state index is 0.0392. The molecule has 1 N–H and O–H groups in total. The zero-order valence-electron chi connectivity index (χ0n) is 11.7. The molecule has 21 heavy (non-hydrogen) atoms. The summed E-state index contributed by atoms with van der Waals surface area (Å²) in [5.41, 5.74) is 0.586. The lowest BCUT2D eigenvalue weighted by atomic mass is 10.2. The molecular formula is C15H15BrF2N2S. The van der Waals surface area contributed by atoms with Crippen LogP contribution in [-0.2, 0) is 6.54 Å². The van der Waals surface area contributed by atoms with E-state index in [4.69, 9.17) is 0 Å². The summed E-state index contributed by atoms with van der Waals surface area (Å²) in [5.74, 6) is -1.14. The van der Waals surface area contributed by atoms with Gasteiger partial charge in [-0.05, 0) is 45.8 Å². The molecule has 1 heterocycles. The summed E-state index contributed by atoms with van der Waals surface area (Å²) in [7, 11) is 0. The molecule has 2 aromatic rings. The number of hydrogen-bond donors (Lipinski definition) is 1. The van der Waals surface area contributed by atoms with Gasteiger partial charge < -0.3 is 5.32 Å². The van der Waals surface area contributed by atoms with E-state index in [1.54, 1.807) is 18.3 Å². The van der Waals surface area contributed by atoms with Crippen LogP contribution in [0.1, 0.15) is 19.4 Å². The Morgan fingerprint density at radius 3 is 2.52 bits per heavy atom. The highest BCUT2D eigenvalue weighted by Crippen LogP contribution is 2.35. The number of pyridine rings is 1. The fraction of sp³-hybridized carbons (Fsp3) is 0.267. The van der Waals surface area contributed by atoms with Crippen molar-refractivity contribution in [3.8, 4) is 0 Å². The predicted octanol–water partition coefficient (Wildman–Crippen LogP) is 4.77. The van der Waals surface area contributed by atoms with E-state index in [1.807, 2.05) is 13.8 Å². The first kappa shape index (κ1) is 16.4. The number of nitrogens with one attached hydrogen (secondary N) is 1. The third-order valence-corrected chi connectivity index (χ3v) is 4.71. The molecule has 0 amide bonds. The first-order chi connectivity index (χ1) is 9.97. The smallest absolute Gasteiger partial charge is 0.140 e. The zero-order chi connectivity index (χ0) is 15.4. The predicted molar refractivity (Wildman–Crippen MR) is 84.4 cm³/mol. The number of hydrogen-bond acceptors (Lipinski definition) is 3. The average molecular weight is 373 g/mol. The molecule has 112 valence electrons. The van der Waals surface area contributed by atoms with Gasteiger partial charge in [-0.15, -0.1) is 0 Å². The van der Waals surface area contributed by atoms with E-state index in [9.17, 15) is 8.78 Å². The fourth-order valence-corrected chi connectivity index (χ4v) is 2.96. The van der Waals surface area contributed by atoms with Crippen LogP contribution >= 0.6 is 27.7 Å². The molecule has 0 atom stereocenters. The molecule has 0 spiro atoms. The van der Waals surface area contributed by atoms with Gasteiger partial charge in [-0.3, -0.25) is 0 Å². The van der Waals surface area contributed by atoms with E-state index in [1.165, 1.54) is 12.1 Å². The highest BCUT2D eigenvalue weighted by molar-refractivity contribution is 9.10. The molecule has 1 aromatic carbocycles. The SMILES string of the molecule is CC(C)NCc1cc(F)c(Sc2ncccc2Br)c(F)c1. The third-order valence-electron chi connectivity index (χ3n) is 2.70. The van der Waals surface area contributed by atoms with Gasteiger partial charge >= 0.3 is 0 Å². The Bertz CT molecular complexity index is 612. The van der Waals surface area contributed by atoms with E-state index in [2.05, 4.69) is 26.2 Å². The Morgan fingerprint density at radius 2 is 1.95 bits per heavy atom. The summed E-state index contributed by atoms with van der Waals surface area (Å²) in [6, 6.07) is 6.51. The number of nitrogens with zero attached hydrogens (tertiary/aromatic N) is 1. The van der Waals surface area contributed by atoms with Crippen LogP contribution in [-0.4, -0.2) is 11.0 Å². The lowest BCUT2D eigenvalue weighted by Crippen LogP contribution is -2.22. The largest absolute Gasteiger partial charge is 0.310 e. The summed E-state index contributed by atoms with van der Waals surface area (Å²) in [4.78, 5) is 4.07. The summed E-state index contributed by atoms with van der Waals surface area (Å²) in [6.07, 6.45) is 1.59. The average Bonchev–Trinajstić information content (AvgIpc) is 2.42. The summed E-state index contributed by atoms with van der Waals surface area (Å²) >= 11 is 4.29. The van der Waals surface area contributed by atoms with Crippen molar-refractivity contribution in [2.45, 2.75) is 36.4 Å². The molecule has 0 bridgehead atoms. The highest BCUT2D eigenvalue weighted by atomic mass is 79.9. The standard InChI is InChI=1S/C15H15BrF2N2S/c1-9(2)20-8-10-6-12(17)14(13(18)7-10)21-15-11(16)4-3-5-19-15/h3-7,9,20H,8H2,1-2H3. The van der Waals surface area contributed by atoms with Gasteiger partial charge in [0.2, 0.25) is 0 Å². The van der Waals surface area contributed by atoms with Gasteiger partial charge in [0.15, 0.2) is 0 Å². The Labute approximate surface area is 135 Å². The van der Waals surface area contributed by atoms with Gasteiger partial charge in [-0.25, -0.2) is 13.8 Å². The summed E-state index contributed by atoms with van der Waals surface area (Å²) in [5, 5.41) is 3.67. The maximum Gasteiger partial charge on any atom is 0.140 e. The van der Waals surface area contributed by atoms with Crippen LogP contribution < -0.4 is 5.32 Å². The third kappa shape index (κ3) is 4.49. The zero-order valence-corrected chi connectivity index (χ0v) is 14.1. The van der Waals surface area contributed by atoms with E-state index >= 15 is 0 Å². The van der Waals surface area contributed by atoms with E-state index in [0.717, 1.165) is 11.8 Å². The maximum atomic E-state index is 14.1. The molecular weight excluding hydrogens is 358 g/mol. The molecule has 0 saturated carbocycles. The van der Waals surface area contributed by atoms with Crippen molar-refractivity contribution in [1.29, 1.82) is 0 Å². The Balaban J connectivity index is 2.23. The van der Waals surface area contributed by atoms with Crippen molar-refractivity contribution in [3.63, 3.8) is 0 Å². The monoisotopic (exact) mass is 372 g/mol. The topological polar surface area (TPSA) is 24.9 Å². The van der Waals surface area contributed by atoms with Crippen molar-refractivity contribution in [3.05, 3.63) is 52.1 Å². The normalized spacial score (nSPS) is 11.1. The molecule has 0 fully saturated rings. The van der Waals surface area contributed by atoms with Crippen LogP contribution in [0.3, 0.4) is 0 Å². The lowest BCUT2D eigenvalue weighted by Gasteiger charge is -2.11. The Kier molecular flexibility index (Phi) is 5.72. The van der Waals surface area contributed by atoms with Crippen LogP contribution in [0.2, 0.25) is 0 Å². The molecule has 0 aliphatic rings. The van der Waals surface area contributed by atoms with Crippen molar-refractivity contribution in [1.82, 2.24) is 10.3 Å². The number of benzene rings is 1. The van der Waals surface area contributed by atoms with Crippen LogP contribution in [0, 0.1) is 11.6 Å². The van der Waals surface area contributed by atoms with Crippen LogP contribution in [0.15, 0.2) is 44.9 Å². The summed E-state index contributed by atoms with van der Waals surface area (Å²) in [6.45, 7) is 4.40. The van der Waals surface area contributed by atoms with E-state index in [0.29, 0.717) is 21.6 Å². The Hall–Kier alpha value is -0.980. The van der Waals surface area contributed by atoms with Crippen LogP contribution in [0.4, 0.5) is 8.78 Å². The first-order valence-electron chi connectivity index (χ1n) is 6.47. The lowest BCUT2D eigenvalue weighted by molar-refractivity contribution is 0.529. The molecule has 0 aliphatic carbocycles. The Morgan fingerprint density at radius 1 is 1.29 bits per heavy atom. The van der Waals surface area contributed by atoms with Crippen LogP contribution in [0.25, 0.3) is 0 Å². The van der Waals surface area contributed by atoms with E-state index in [-0.39, 0.29) is 10.9 Å². The second-order valence-electron chi connectivity index (χ2n) is 4.82. The number of halogens is 3. The molecule has 0 saturated heterocycles. The molecule has 0 unspecified atom stereocenters. The molecule has 6 heteroatoms. The van der Waals surface area contributed by atoms with Crippen LogP contribution in [0.5, 0.6) is 0 Å². The fourth-order valence-electron chi connectivity index (χ4n) is 1.68. The molecule has 2 nitrogen and oxygen atoms in total. The summed E-state index contributed by atoms with van der Waals surface area (Å²) < 4.78 is 28.9. The molecule has 0 radical (unpaired) electrons. The molecule has 2 rings (SSSR count). The van der Waals surface area contributed by atoms with Crippen molar-refractivity contribution in [2.75, 3.05) is 0 Å². The van der Waals surface area contributed by atoms with Gasteiger partial charge in [0.25, 0.3) is 0 Å². The number of rotatable bonds is 5. The maximum absolute atomic E-state index is 14.1. The quantitative estimate of drug-likeness (QED) is 0.817. The number of aromatic nitrogens is 1. The van der Waals surface area contributed by atoms with Gasteiger partial charge in [0.05, 0.1) is 9.37 Å². The minimum Gasteiger partial charge on any atom is -0.310 e. The van der Waals surface area contributed by atoms with Crippen molar-refractivity contribution < 1.29 is 8.78 Å². The minimum atomic E-state index is -0.571. The van der Waals surface area contributed by atoms with E-state index < -0.39 is 11.6 Å². The van der Waals surface area contributed by atoms with Gasteiger partial charge in [0, 0.05) is 18.8 Å². The van der Waals surface area contributed by atoms with Crippen molar-refractivity contribution in [2.24, 2.45) is 0 Å². The highest BCUT2D eigenvalue weighted by Gasteiger charge is 2.15. The van der Waals surface area contributed by atoms with Crippen molar-refractivity contribution >= 4 is 27.7 Å². The van der Waals surface area contributed by atoms with Gasteiger partial charge in [0.1, 0.15) is 16.7 Å². The second kappa shape index (κ2) is 7.33. The second-order valence-corrected chi connectivity index (χ2v) is 6.67.